The van der Waals surface area contributed by atoms with Crippen molar-refractivity contribution in [1.29, 1.82) is 0 Å². The highest BCUT2D eigenvalue weighted by Gasteiger charge is 2.22. The molecule has 2 N–H and O–H groups in total. The average molecular weight is 286 g/mol. The van der Waals surface area contributed by atoms with Gasteiger partial charge in [0.1, 0.15) is 5.76 Å². The van der Waals surface area contributed by atoms with Crippen LogP contribution in [0.2, 0.25) is 0 Å². The molecular formula is C20H14O2. The Hall–Kier alpha value is -2.74. The lowest BCUT2D eigenvalue weighted by Crippen LogP contribution is -2.06. The molecule has 0 saturated heterocycles. The van der Waals surface area contributed by atoms with Gasteiger partial charge < -0.3 is 10.2 Å². The Morgan fingerprint density at radius 2 is 1.45 bits per heavy atom. The summed E-state index contributed by atoms with van der Waals surface area (Å²) < 4.78 is 0. The number of aliphatic hydroxyl groups excluding tert-OH is 2. The summed E-state index contributed by atoms with van der Waals surface area (Å²) >= 11 is 0. The molecule has 0 atom stereocenters. The molecule has 5 rings (SSSR count). The predicted octanol–water partition coefficient (Wildman–Crippen LogP) is 5.31. The molecule has 0 heterocycles. The molecule has 1 aliphatic rings. The van der Waals surface area contributed by atoms with Crippen LogP contribution in [0.25, 0.3) is 38.1 Å². The molecule has 0 aliphatic heterocycles. The van der Waals surface area contributed by atoms with E-state index in [0.717, 1.165) is 22.9 Å². The van der Waals surface area contributed by atoms with Crippen LogP contribution in [0.15, 0.2) is 54.3 Å². The molecule has 0 bridgehead atoms. The van der Waals surface area contributed by atoms with Crippen LogP contribution in [0.1, 0.15) is 17.5 Å². The fraction of sp³-hybridized carbons (Fsp3) is 0.100. The first kappa shape index (κ1) is 11.9. The van der Waals surface area contributed by atoms with Gasteiger partial charge in [0, 0.05) is 12.0 Å². The van der Waals surface area contributed by atoms with Crippen LogP contribution >= 0.6 is 0 Å². The second-order valence-electron chi connectivity index (χ2n) is 6.06. The van der Waals surface area contributed by atoms with Gasteiger partial charge >= 0.3 is 0 Å². The Morgan fingerprint density at radius 3 is 2.27 bits per heavy atom. The minimum Gasteiger partial charge on any atom is -0.508 e. The summed E-state index contributed by atoms with van der Waals surface area (Å²) in [7, 11) is 0. The minimum absolute atomic E-state index is 0.0409. The summed E-state index contributed by atoms with van der Waals surface area (Å²) in [6.07, 6.45) is 1.27. The van der Waals surface area contributed by atoms with Crippen LogP contribution in [0.4, 0.5) is 0 Å². The largest absolute Gasteiger partial charge is 0.508 e. The maximum Gasteiger partial charge on any atom is 0.161 e. The lowest BCUT2D eigenvalue weighted by atomic mass is 9.85. The number of aliphatic hydroxyl groups is 2. The van der Waals surface area contributed by atoms with Gasteiger partial charge in [-0.15, -0.1) is 0 Å². The quantitative estimate of drug-likeness (QED) is 0.430. The molecule has 2 nitrogen and oxygen atoms in total. The van der Waals surface area contributed by atoms with Gasteiger partial charge in [0.05, 0.1) is 0 Å². The van der Waals surface area contributed by atoms with Gasteiger partial charge in [-0.05, 0) is 44.3 Å². The van der Waals surface area contributed by atoms with Gasteiger partial charge in [0.2, 0.25) is 0 Å². The molecule has 4 aromatic rings. The number of hydrogen-bond donors (Lipinski definition) is 2. The molecule has 0 radical (unpaired) electrons. The zero-order chi connectivity index (χ0) is 14.8. The molecular weight excluding hydrogens is 272 g/mol. The summed E-state index contributed by atoms with van der Waals surface area (Å²) in [4.78, 5) is 0. The topological polar surface area (TPSA) is 40.5 Å². The van der Waals surface area contributed by atoms with Crippen LogP contribution in [0.5, 0.6) is 0 Å². The van der Waals surface area contributed by atoms with Crippen LogP contribution in [-0.2, 0) is 6.42 Å². The van der Waals surface area contributed by atoms with Crippen molar-refractivity contribution in [3.05, 3.63) is 65.4 Å². The summed E-state index contributed by atoms with van der Waals surface area (Å²) in [6, 6.07) is 16.9. The molecule has 2 heteroatoms. The standard InChI is InChI=1S/C20H14O2/c21-16-9-7-14-10-13-5-4-11-2-1-3-12-6-8-15(18(13)17(11)12)19(14)20(16)22/h1-6,8,10,21-22H,7,9H2. The first-order chi connectivity index (χ1) is 10.7. The molecule has 4 aromatic carbocycles. The third kappa shape index (κ3) is 1.34. The van der Waals surface area contributed by atoms with Crippen LogP contribution in [-0.4, -0.2) is 10.2 Å². The Kier molecular flexibility index (Phi) is 2.11. The van der Waals surface area contributed by atoms with E-state index < -0.39 is 0 Å². The van der Waals surface area contributed by atoms with Crippen LogP contribution in [0.3, 0.4) is 0 Å². The van der Waals surface area contributed by atoms with E-state index >= 15 is 0 Å². The Labute approximate surface area is 127 Å². The molecule has 0 fully saturated rings. The third-order valence-corrected chi connectivity index (χ3v) is 4.87. The molecule has 106 valence electrons. The van der Waals surface area contributed by atoms with Crippen molar-refractivity contribution >= 4 is 38.1 Å². The fourth-order valence-corrected chi connectivity index (χ4v) is 3.86. The smallest absolute Gasteiger partial charge is 0.161 e. The molecule has 0 saturated carbocycles. The van der Waals surface area contributed by atoms with Crippen molar-refractivity contribution in [3.8, 4) is 0 Å². The van der Waals surface area contributed by atoms with E-state index in [1.54, 1.807) is 0 Å². The van der Waals surface area contributed by atoms with Gasteiger partial charge in [0.15, 0.2) is 5.76 Å². The molecule has 0 aromatic heterocycles. The summed E-state index contributed by atoms with van der Waals surface area (Å²) in [5.41, 5.74) is 1.91. The van der Waals surface area contributed by atoms with E-state index in [1.807, 2.05) is 0 Å². The fourth-order valence-electron chi connectivity index (χ4n) is 3.86. The summed E-state index contributed by atoms with van der Waals surface area (Å²) in [6.45, 7) is 0. The van der Waals surface area contributed by atoms with E-state index in [0.29, 0.717) is 6.42 Å². The minimum atomic E-state index is 0.0409. The average Bonchev–Trinajstić information content (AvgIpc) is 2.55. The van der Waals surface area contributed by atoms with Crippen molar-refractivity contribution in [3.63, 3.8) is 0 Å². The first-order valence-corrected chi connectivity index (χ1v) is 7.55. The van der Waals surface area contributed by atoms with Gasteiger partial charge in [-0.2, -0.15) is 0 Å². The molecule has 1 aliphatic carbocycles. The van der Waals surface area contributed by atoms with E-state index in [1.165, 1.54) is 26.9 Å². The third-order valence-electron chi connectivity index (χ3n) is 4.87. The highest BCUT2D eigenvalue weighted by Crippen LogP contribution is 2.41. The molecule has 0 amide bonds. The molecule has 22 heavy (non-hydrogen) atoms. The summed E-state index contributed by atoms with van der Waals surface area (Å²) in [5.74, 6) is 0.140. The number of allylic oxidation sites excluding steroid dienone is 1. The van der Waals surface area contributed by atoms with Crippen LogP contribution < -0.4 is 0 Å². The monoisotopic (exact) mass is 286 g/mol. The van der Waals surface area contributed by atoms with Crippen molar-refractivity contribution in [1.82, 2.24) is 0 Å². The van der Waals surface area contributed by atoms with E-state index in [-0.39, 0.29) is 11.5 Å². The maximum absolute atomic E-state index is 10.4. The maximum atomic E-state index is 10.4. The number of hydrogen-bond acceptors (Lipinski definition) is 2. The Morgan fingerprint density at radius 1 is 0.727 bits per heavy atom. The number of fused-ring (bicyclic) bond motifs is 2. The van der Waals surface area contributed by atoms with Crippen molar-refractivity contribution in [2.45, 2.75) is 12.8 Å². The normalized spacial score (nSPS) is 15.1. The highest BCUT2D eigenvalue weighted by molar-refractivity contribution is 6.24. The van der Waals surface area contributed by atoms with Gasteiger partial charge in [0.25, 0.3) is 0 Å². The SMILES string of the molecule is OC1=C(O)c2c(cc3ccc4cccc5ccc2c3c45)CC1. The highest BCUT2D eigenvalue weighted by atomic mass is 16.3. The van der Waals surface area contributed by atoms with Crippen LogP contribution in [0, 0.1) is 0 Å². The van der Waals surface area contributed by atoms with E-state index in [4.69, 9.17) is 0 Å². The lowest BCUT2D eigenvalue weighted by molar-refractivity contribution is 0.356. The van der Waals surface area contributed by atoms with Crippen molar-refractivity contribution < 1.29 is 10.2 Å². The first-order valence-electron chi connectivity index (χ1n) is 7.55. The molecule has 0 unspecified atom stereocenters. The second-order valence-corrected chi connectivity index (χ2v) is 6.06. The Balaban J connectivity index is 2.10. The number of aryl methyl sites for hydroxylation is 1. The lowest BCUT2D eigenvalue weighted by Gasteiger charge is -2.21. The zero-order valence-electron chi connectivity index (χ0n) is 11.9. The van der Waals surface area contributed by atoms with Gasteiger partial charge in [-0.25, -0.2) is 0 Å². The summed E-state index contributed by atoms with van der Waals surface area (Å²) in [5, 5.41) is 27.4. The number of rotatable bonds is 0. The van der Waals surface area contributed by atoms with Crippen molar-refractivity contribution in [2.24, 2.45) is 0 Å². The van der Waals surface area contributed by atoms with Gasteiger partial charge in [-0.3, -0.25) is 0 Å². The second kappa shape index (κ2) is 3.92. The van der Waals surface area contributed by atoms with E-state index in [9.17, 15) is 10.2 Å². The van der Waals surface area contributed by atoms with Gasteiger partial charge in [-0.1, -0.05) is 48.5 Å². The zero-order valence-corrected chi connectivity index (χ0v) is 11.9. The Bertz CT molecular complexity index is 1070. The predicted molar refractivity (Wildman–Crippen MR) is 90.6 cm³/mol. The van der Waals surface area contributed by atoms with E-state index in [2.05, 4.69) is 48.5 Å². The molecule has 0 spiro atoms. The number of benzene rings is 4. The van der Waals surface area contributed by atoms with Crippen molar-refractivity contribution in [2.75, 3.05) is 0 Å².